The number of rotatable bonds is 10. The molecule has 1 aliphatic carbocycles. The van der Waals surface area contributed by atoms with Gasteiger partial charge in [0.2, 0.25) is 0 Å². The van der Waals surface area contributed by atoms with Crippen molar-refractivity contribution in [2.24, 2.45) is 0 Å². The summed E-state index contributed by atoms with van der Waals surface area (Å²) in [6.45, 7) is 5.35. The highest BCUT2D eigenvalue weighted by Crippen LogP contribution is 2.24. The number of hydrazine groups is 1. The molecule has 0 saturated heterocycles. The lowest BCUT2D eigenvalue weighted by Gasteiger charge is -2.14. The molecule has 1 aromatic carbocycles. The molecular weight excluding hydrogens is 264 g/mol. The van der Waals surface area contributed by atoms with E-state index in [1.807, 2.05) is 6.92 Å². The van der Waals surface area contributed by atoms with Crippen molar-refractivity contribution in [2.45, 2.75) is 51.7 Å². The van der Waals surface area contributed by atoms with E-state index in [0.29, 0.717) is 6.10 Å². The van der Waals surface area contributed by atoms with Crippen LogP contribution < -0.4 is 15.6 Å². The Kier molecular flexibility index (Phi) is 7.57. The summed E-state index contributed by atoms with van der Waals surface area (Å²) in [7, 11) is 0. The van der Waals surface area contributed by atoms with Crippen LogP contribution in [0, 0.1) is 0 Å². The molecule has 0 unspecified atom stereocenters. The van der Waals surface area contributed by atoms with Crippen LogP contribution in [0.15, 0.2) is 24.3 Å². The highest BCUT2D eigenvalue weighted by atomic mass is 16.5. The second-order valence-corrected chi connectivity index (χ2v) is 5.50. The van der Waals surface area contributed by atoms with E-state index in [4.69, 9.17) is 9.47 Å². The van der Waals surface area contributed by atoms with Gasteiger partial charge in [-0.15, -0.1) is 0 Å². The average molecular weight is 292 g/mol. The maximum atomic E-state index is 6.02. The van der Waals surface area contributed by atoms with Crippen LogP contribution in [0.2, 0.25) is 0 Å². The van der Waals surface area contributed by atoms with Crippen molar-refractivity contribution >= 4 is 0 Å². The first-order valence-corrected chi connectivity index (χ1v) is 8.17. The van der Waals surface area contributed by atoms with E-state index in [9.17, 15) is 0 Å². The van der Waals surface area contributed by atoms with Crippen molar-refractivity contribution in [2.75, 3.05) is 19.8 Å². The summed E-state index contributed by atoms with van der Waals surface area (Å²) < 4.78 is 11.3. The van der Waals surface area contributed by atoms with Crippen LogP contribution in [0.25, 0.3) is 0 Å². The lowest BCUT2D eigenvalue weighted by atomic mass is 10.2. The molecule has 1 saturated carbocycles. The molecule has 1 fully saturated rings. The van der Waals surface area contributed by atoms with Crippen molar-refractivity contribution in [1.82, 2.24) is 10.9 Å². The van der Waals surface area contributed by atoms with E-state index in [1.165, 1.54) is 31.2 Å². The summed E-state index contributed by atoms with van der Waals surface area (Å²) in [5.74, 6) is 0.998. The van der Waals surface area contributed by atoms with Crippen molar-refractivity contribution in [3.63, 3.8) is 0 Å². The van der Waals surface area contributed by atoms with Crippen LogP contribution in [-0.4, -0.2) is 25.9 Å². The first-order valence-electron chi connectivity index (χ1n) is 8.17. The SMILES string of the molecule is CCOCCCNNCc1cccc(OC2CCCC2)c1. The van der Waals surface area contributed by atoms with E-state index < -0.39 is 0 Å². The normalized spacial score (nSPS) is 15.5. The Morgan fingerprint density at radius 2 is 2.05 bits per heavy atom. The first kappa shape index (κ1) is 16.3. The van der Waals surface area contributed by atoms with Crippen LogP contribution in [-0.2, 0) is 11.3 Å². The van der Waals surface area contributed by atoms with Gasteiger partial charge in [0, 0.05) is 26.3 Å². The molecule has 0 heterocycles. The fraction of sp³-hybridized carbons (Fsp3) is 0.647. The number of benzene rings is 1. The van der Waals surface area contributed by atoms with Gasteiger partial charge >= 0.3 is 0 Å². The van der Waals surface area contributed by atoms with Crippen LogP contribution >= 0.6 is 0 Å². The lowest BCUT2D eigenvalue weighted by molar-refractivity contribution is 0.144. The molecule has 4 nitrogen and oxygen atoms in total. The molecule has 118 valence electrons. The standard InChI is InChI=1S/C17H28N2O2/c1-2-20-12-6-11-18-19-14-15-7-5-10-17(13-15)21-16-8-3-4-9-16/h5,7,10,13,16,18-19H,2-4,6,8-9,11-12,14H2,1H3. The van der Waals surface area contributed by atoms with Crippen LogP contribution in [0.4, 0.5) is 0 Å². The van der Waals surface area contributed by atoms with E-state index in [1.54, 1.807) is 0 Å². The predicted octanol–water partition coefficient (Wildman–Crippen LogP) is 3.03. The van der Waals surface area contributed by atoms with Gasteiger partial charge in [0.25, 0.3) is 0 Å². The first-order chi connectivity index (χ1) is 10.4. The van der Waals surface area contributed by atoms with E-state index >= 15 is 0 Å². The molecule has 4 heteroatoms. The van der Waals surface area contributed by atoms with Gasteiger partial charge in [-0.1, -0.05) is 12.1 Å². The zero-order valence-corrected chi connectivity index (χ0v) is 13.1. The Morgan fingerprint density at radius 3 is 2.86 bits per heavy atom. The zero-order chi connectivity index (χ0) is 14.8. The van der Waals surface area contributed by atoms with Gasteiger partial charge in [0.15, 0.2) is 0 Å². The molecule has 0 aromatic heterocycles. The highest BCUT2D eigenvalue weighted by Gasteiger charge is 2.16. The number of nitrogens with one attached hydrogen (secondary N) is 2. The zero-order valence-electron chi connectivity index (χ0n) is 13.1. The summed E-state index contributed by atoms with van der Waals surface area (Å²) in [4.78, 5) is 0. The molecule has 0 spiro atoms. The topological polar surface area (TPSA) is 42.5 Å². The van der Waals surface area contributed by atoms with Gasteiger partial charge in [-0.05, 0) is 56.7 Å². The maximum absolute atomic E-state index is 6.02. The van der Waals surface area contributed by atoms with Crippen molar-refractivity contribution in [1.29, 1.82) is 0 Å². The molecular formula is C17H28N2O2. The molecule has 0 bridgehead atoms. The Hall–Kier alpha value is -1.10. The Labute approximate surface area is 128 Å². The molecule has 0 amide bonds. The molecule has 2 rings (SSSR count). The van der Waals surface area contributed by atoms with Crippen molar-refractivity contribution in [3.05, 3.63) is 29.8 Å². The third kappa shape index (κ3) is 6.46. The van der Waals surface area contributed by atoms with E-state index in [2.05, 4.69) is 35.1 Å². The van der Waals surface area contributed by atoms with Gasteiger partial charge in [0.1, 0.15) is 5.75 Å². The average Bonchev–Trinajstić information content (AvgIpc) is 3.00. The molecule has 2 N–H and O–H groups in total. The Morgan fingerprint density at radius 1 is 1.19 bits per heavy atom. The maximum Gasteiger partial charge on any atom is 0.120 e. The van der Waals surface area contributed by atoms with Crippen molar-refractivity contribution in [3.8, 4) is 5.75 Å². The second kappa shape index (κ2) is 9.77. The monoisotopic (exact) mass is 292 g/mol. The fourth-order valence-electron chi connectivity index (χ4n) is 2.59. The smallest absolute Gasteiger partial charge is 0.120 e. The molecule has 0 radical (unpaired) electrons. The van der Waals surface area contributed by atoms with Crippen molar-refractivity contribution < 1.29 is 9.47 Å². The quantitative estimate of drug-likeness (QED) is 0.514. The third-order valence-electron chi connectivity index (χ3n) is 3.72. The van der Waals surface area contributed by atoms with Gasteiger partial charge in [-0.3, -0.25) is 10.9 Å². The largest absolute Gasteiger partial charge is 0.490 e. The molecule has 1 aromatic rings. The highest BCUT2D eigenvalue weighted by molar-refractivity contribution is 5.28. The summed E-state index contributed by atoms with van der Waals surface area (Å²) in [5.41, 5.74) is 7.69. The Bertz CT molecular complexity index is 392. The van der Waals surface area contributed by atoms with E-state index in [0.717, 1.165) is 38.5 Å². The van der Waals surface area contributed by atoms with Crippen LogP contribution in [0.3, 0.4) is 0 Å². The number of hydrogen-bond donors (Lipinski definition) is 2. The number of ether oxygens (including phenoxy) is 2. The predicted molar refractivity (Wildman–Crippen MR) is 85.3 cm³/mol. The van der Waals surface area contributed by atoms with Gasteiger partial charge in [0.05, 0.1) is 6.10 Å². The number of hydrogen-bond acceptors (Lipinski definition) is 4. The summed E-state index contributed by atoms with van der Waals surface area (Å²) in [6, 6.07) is 8.37. The van der Waals surface area contributed by atoms with Gasteiger partial charge in [-0.2, -0.15) is 0 Å². The minimum atomic E-state index is 0.421. The summed E-state index contributed by atoms with van der Waals surface area (Å²) in [5, 5.41) is 0. The summed E-state index contributed by atoms with van der Waals surface area (Å²) in [6.07, 6.45) is 6.44. The molecule has 1 aliphatic rings. The minimum Gasteiger partial charge on any atom is -0.490 e. The van der Waals surface area contributed by atoms with Crippen LogP contribution in [0.5, 0.6) is 5.75 Å². The Balaban J connectivity index is 1.63. The third-order valence-corrected chi connectivity index (χ3v) is 3.72. The van der Waals surface area contributed by atoms with E-state index in [-0.39, 0.29) is 0 Å². The van der Waals surface area contributed by atoms with Gasteiger partial charge in [-0.25, -0.2) is 0 Å². The molecule has 21 heavy (non-hydrogen) atoms. The summed E-state index contributed by atoms with van der Waals surface area (Å²) >= 11 is 0. The lowest BCUT2D eigenvalue weighted by Crippen LogP contribution is -2.32. The molecule has 0 aliphatic heterocycles. The van der Waals surface area contributed by atoms with Crippen LogP contribution in [0.1, 0.15) is 44.6 Å². The minimum absolute atomic E-state index is 0.421. The van der Waals surface area contributed by atoms with Gasteiger partial charge < -0.3 is 9.47 Å². The second-order valence-electron chi connectivity index (χ2n) is 5.50. The molecule has 0 atom stereocenters. The fourth-order valence-corrected chi connectivity index (χ4v) is 2.59.